The van der Waals surface area contributed by atoms with Gasteiger partial charge in [-0.15, -0.1) is 0 Å². The summed E-state index contributed by atoms with van der Waals surface area (Å²) in [6.45, 7) is 3.92. The van der Waals surface area contributed by atoms with E-state index < -0.39 is 32.3 Å². The van der Waals surface area contributed by atoms with Gasteiger partial charge in [-0.25, -0.2) is 17.6 Å². The second-order valence-corrected chi connectivity index (χ2v) is 7.63. The van der Waals surface area contributed by atoms with Crippen LogP contribution in [0.1, 0.15) is 30.6 Å². The lowest BCUT2D eigenvalue weighted by Gasteiger charge is -2.21. The predicted molar refractivity (Wildman–Crippen MR) is 75.5 cm³/mol. The molecule has 0 bridgehead atoms. The van der Waals surface area contributed by atoms with Crippen LogP contribution in [0.15, 0.2) is 17.0 Å². The maximum absolute atomic E-state index is 14.2. The van der Waals surface area contributed by atoms with E-state index in [0.29, 0.717) is 6.42 Å². The first-order valence-electron chi connectivity index (χ1n) is 6.38. The highest BCUT2D eigenvalue weighted by Crippen LogP contribution is 2.32. The second kappa shape index (κ2) is 5.55. The normalized spacial score (nSPS) is 23.4. The molecule has 2 rings (SSSR count). The van der Waals surface area contributed by atoms with E-state index in [-0.39, 0.29) is 23.5 Å². The molecule has 1 saturated heterocycles. The number of halogens is 2. The summed E-state index contributed by atoms with van der Waals surface area (Å²) in [7, 11) is -4.12. The summed E-state index contributed by atoms with van der Waals surface area (Å²) in [5, 5.41) is 8.80. The predicted octanol–water partition coefficient (Wildman–Crippen LogP) is 2.60. The molecular weight excluding hydrogens is 321 g/mol. The summed E-state index contributed by atoms with van der Waals surface area (Å²) < 4.78 is 40.6. The zero-order valence-electron chi connectivity index (χ0n) is 11.5. The number of hydrogen-bond acceptors (Lipinski definition) is 3. The summed E-state index contributed by atoms with van der Waals surface area (Å²) >= 11 is 5.73. The summed E-state index contributed by atoms with van der Waals surface area (Å²) in [5.41, 5.74) is -0.749. The van der Waals surface area contributed by atoms with Crippen molar-refractivity contribution in [2.75, 3.05) is 6.54 Å². The number of hydrogen-bond donors (Lipinski definition) is 1. The molecule has 1 aliphatic heterocycles. The number of sulfonamides is 1. The third-order valence-electron chi connectivity index (χ3n) is 3.55. The molecule has 1 N–H and O–H groups in total. The van der Waals surface area contributed by atoms with Crippen LogP contribution in [-0.4, -0.2) is 36.4 Å². The van der Waals surface area contributed by atoms with E-state index in [1.54, 1.807) is 6.92 Å². The molecule has 5 nitrogen and oxygen atoms in total. The highest BCUT2D eigenvalue weighted by atomic mass is 35.5. The standard InChI is InChI=1S/C13H15ClFNO4S/c1-7-3-8(2)16(6-7)21(19,20)11-5-9(14)4-10(12(11)15)13(17)18/h4-5,7-8H,3,6H2,1-2H3,(H,17,18). The summed E-state index contributed by atoms with van der Waals surface area (Å²) in [4.78, 5) is 10.3. The van der Waals surface area contributed by atoms with Crippen LogP contribution < -0.4 is 0 Å². The van der Waals surface area contributed by atoms with Gasteiger partial charge in [0.15, 0.2) is 5.82 Å². The molecule has 0 amide bonds. The minimum atomic E-state index is -4.12. The van der Waals surface area contributed by atoms with Gasteiger partial charge in [0.1, 0.15) is 4.90 Å². The van der Waals surface area contributed by atoms with Gasteiger partial charge in [-0.1, -0.05) is 18.5 Å². The number of benzene rings is 1. The molecule has 0 aromatic heterocycles. The van der Waals surface area contributed by atoms with Crippen LogP contribution in [0.2, 0.25) is 5.02 Å². The van der Waals surface area contributed by atoms with E-state index in [1.165, 1.54) is 4.31 Å². The van der Waals surface area contributed by atoms with Crippen LogP contribution in [0, 0.1) is 11.7 Å². The van der Waals surface area contributed by atoms with Gasteiger partial charge in [-0.05, 0) is 31.4 Å². The second-order valence-electron chi connectivity index (χ2n) is 5.34. The average molecular weight is 336 g/mol. The largest absolute Gasteiger partial charge is 0.478 e. The fourth-order valence-corrected chi connectivity index (χ4v) is 4.79. The molecule has 0 saturated carbocycles. The van der Waals surface area contributed by atoms with E-state index in [0.717, 1.165) is 12.1 Å². The number of carbonyl (C=O) groups is 1. The highest BCUT2D eigenvalue weighted by Gasteiger charge is 2.38. The first-order valence-corrected chi connectivity index (χ1v) is 8.20. The van der Waals surface area contributed by atoms with Crippen LogP contribution in [0.5, 0.6) is 0 Å². The Morgan fingerprint density at radius 1 is 1.43 bits per heavy atom. The van der Waals surface area contributed by atoms with Crippen molar-refractivity contribution in [3.63, 3.8) is 0 Å². The summed E-state index contributed by atoms with van der Waals surface area (Å²) in [5.74, 6) is -2.68. The van der Waals surface area contributed by atoms with E-state index in [1.807, 2.05) is 6.92 Å². The number of carboxylic acids is 1. The fraction of sp³-hybridized carbons (Fsp3) is 0.462. The van der Waals surface area contributed by atoms with Crippen LogP contribution in [0.4, 0.5) is 4.39 Å². The Bertz CT molecular complexity index is 692. The van der Waals surface area contributed by atoms with E-state index in [2.05, 4.69) is 0 Å². The molecule has 1 aromatic rings. The molecule has 0 aliphatic carbocycles. The van der Waals surface area contributed by atoms with Crippen molar-refractivity contribution in [3.8, 4) is 0 Å². The SMILES string of the molecule is CC1CC(C)N(S(=O)(=O)c2cc(Cl)cc(C(=O)O)c2F)C1. The zero-order chi connectivity index (χ0) is 15.9. The van der Waals surface area contributed by atoms with Gasteiger partial charge in [-0.2, -0.15) is 4.31 Å². The first-order chi connectivity index (χ1) is 9.64. The van der Waals surface area contributed by atoms with E-state index in [9.17, 15) is 17.6 Å². The molecule has 1 heterocycles. The quantitative estimate of drug-likeness (QED) is 0.921. The van der Waals surface area contributed by atoms with Gasteiger partial charge in [-0.3, -0.25) is 0 Å². The van der Waals surface area contributed by atoms with Crippen molar-refractivity contribution >= 4 is 27.6 Å². The van der Waals surface area contributed by atoms with Crippen LogP contribution >= 0.6 is 11.6 Å². The van der Waals surface area contributed by atoms with Crippen LogP contribution in [0.3, 0.4) is 0 Å². The Hall–Kier alpha value is -1.18. The molecule has 1 aliphatic rings. The molecule has 0 spiro atoms. The molecule has 2 unspecified atom stereocenters. The fourth-order valence-electron chi connectivity index (χ4n) is 2.63. The third kappa shape index (κ3) is 2.90. The Morgan fingerprint density at radius 3 is 2.52 bits per heavy atom. The lowest BCUT2D eigenvalue weighted by molar-refractivity contribution is 0.0691. The van der Waals surface area contributed by atoms with Crippen LogP contribution in [0.25, 0.3) is 0 Å². The van der Waals surface area contributed by atoms with Crippen molar-refractivity contribution in [1.82, 2.24) is 4.31 Å². The van der Waals surface area contributed by atoms with Gasteiger partial charge in [0.2, 0.25) is 10.0 Å². The van der Waals surface area contributed by atoms with Crippen LogP contribution in [-0.2, 0) is 10.0 Å². The Labute approximate surface area is 127 Å². The number of rotatable bonds is 3. The number of carboxylic acid groups (broad SMARTS) is 1. The lowest BCUT2D eigenvalue weighted by Crippen LogP contribution is -2.34. The molecule has 0 radical (unpaired) electrons. The van der Waals surface area contributed by atoms with Gasteiger partial charge < -0.3 is 5.11 Å². The summed E-state index contributed by atoms with van der Waals surface area (Å²) in [6.07, 6.45) is 0.674. The van der Waals surface area contributed by atoms with Crippen molar-refractivity contribution in [1.29, 1.82) is 0 Å². The zero-order valence-corrected chi connectivity index (χ0v) is 13.1. The van der Waals surface area contributed by atoms with Crippen molar-refractivity contribution < 1.29 is 22.7 Å². The van der Waals surface area contributed by atoms with Crippen molar-refractivity contribution in [2.24, 2.45) is 5.92 Å². The maximum Gasteiger partial charge on any atom is 0.338 e. The first kappa shape index (κ1) is 16.2. The van der Waals surface area contributed by atoms with Gasteiger partial charge >= 0.3 is 5.97 Å². The smallest absolute Gasteiger partial charge is 0.338 e. The molecular formula is C13H15ClFNO4S. The molecule has 1 fully saturated rings. The highest BCUT2D eigenvalue weighted by molar-refractivity contribution is 7.89. The minimum absolute atomic E-state index is 0.132. The molecule has 1 aromatic carbocycles. The maximum atomic E-state index is 14.2. The number of nitrogens with zero attached hydrogens (tertiary/aromatic N) is 1. The lowest BCUT2D eigenvalue weighted by atomic mass is 10.1. The Morgan fingerprint density at radius 2 is 2.05 bits per heavy atom. The Balaban J connectivity index is 2.58. The van der Waals surface area contributed by atoms with Gasteiger partial charge in [0.05, 0.1) is 5.56 Å². The minimum Gasteiger partial charge on any atom is -0.478 e. The number of aromatic carboxylic acids is 1. The molecule has 8 heteroatoms. The van der Waals surface area contributed by atoms with Crippen molar-refractivity contribution in [2.45, 2.75) is 31.2 Å². The Kier molecular flexibility index (Phi) is 4.28. The topological polar surface area (TPSA) is 74.7 Å². The molecule has 116 valence electrons. The third-order valence-corrected chi connectivity index (χ3v) is 5.75. The summed E-state index contributed by atoms with van der Waals surface area (Å²) in [6, 6.07) is 1.58. The monoisotopic (exact) mass is 335 g/mol. The van der Waals surface area contributed by atoms with Gasteiger partial charge in [0, 0.05) is 17.6 Å². The molecule has 2 atom stereocenters. The average Bonchev–Trinajstić information content (AvgIpc) is 2.71. The van der Waals surface area contributed by atoms with E-state index >= 15 is 0 Å². The van der Waals surface area contributed by atoms with Gasteiger partial charge in [0.25, 0.3) is 0 Å². The van der Waals surface area contributed by atoms with E-state index in [4.69, 9.17) is 16.7 Å². The molecule has 21 heavy (non-hydrogen) atoms. The van der Waals surface area contributed by atoms with Crippen molar-refractivity contribution in [3.05, 3.63) is 28.5 Å².